The Morgan fingerprint density at radius 3 is 2.55 bits per heavy atom. The van der Waals surface area contributed by atoms with Crippen molar-refractivity contribution in [1.29, 1.82) is 0 Å². The summed E-state index contributed by atoms with van der Waals surface area (Å²) in [6.07, 6.45) is 9.07. The van der Waals surface area contributed by atoms with Gasteiger partial charge in [0.25, 0.3) is 0 Å². The van der Waals surface area contributed by atoms with E-state index in [1.165, 1.54) is 32.1 Å². The first kappa shape index (κ1) is 11.3. The van der Waals surface area contributed by atoms with E-state index in [1.807, 2.05) is 0 Å². The van der Waals surface area contributed by atoms with Crippen LogP contribution in [0.3, 0.4) is 0 Å². The maximum absolute atomic E-state index is 3.85. The summed E-state index contributed by atoms with van der Waals surface area (Å²) in [4.78, 5) is 0.833. The molecule has 0 aromatic heterocycles. The van der Waals surface area contributed by atoms with Gasteiger partial charge in [-0.05, 0) is 0 Å². The van der Waals surface area contributed by atoms with Crippen molar-refractivity contribution in [3.05, 3.63) is 12.7 Å². The molecule has 1 heteroatoms. The normalized spacial score (nSPS) is 12.9. The molecule has 0 nitrogen and oxygen atoms in total. The predicted octanol–water partition coefficient (Wildman–Crippen LogP) is 3.68. The number of allylic oxidation sites excluding steroid dienone is 1. The van der Waals surface area contributed by atoms with Crippen LogP contribution in [0.2, 0.25) is 10.6 Å². The molecule has 0 fully saturated rings. The third-order valence-corrected chi connectivity index (χ3v) is 4.08. The molecule has 0 heterocycles. The quantitative estimate of drug-likeness (QED) is 0.348. The minimum atomic E-state index is 0.772. The van der Waals surface area contributed by atoms with Crippen LogP contribution in [-0.4, -0.2) is 15.0 Å². The van der Waals surface area contributed by atoms with Crippen molar-refractivity contribution < 1.29 is 0 Å². The molecule has 0 rings (SSSR count). The van der Waals surface area contributed by atoms with Gasteiger partial charge in [0, 0.05) is 0 Å². The van der Waals surface area contributed by atoms with Gasteiger partial charge in [-0.15, -0.1) is 0 Å². The number of rotatable bonds is 7. The molecule has 0 amide bonds. The zero-order chi connectivity index (χ0) is 8.53. The number of hydrogen-bond donors (Lipinski definition) is 0. The van der Waals surface area contributed by atoms with E-state index in [9.17, 15) is 0 Å². The zero-order valence-corrected chi connectivity index (χ0v) is 9.52. The predicted molar refractivity (Wildman–Crippen MR) is 54.3 cm³/mol. The van der Waals surface area contributed by atoms with Gasteiger partial charge in [-0.3, -0.25) is 0 Å². The van der Waals surface area contributed by atoms with Crippen LogP contribution in [0.25, 0.3) is 0 Å². The number of hydrogen-bond acceptors (Lipinski definition) is 0. The minimum absolute atomic E-state index is 0.772. The second-order valence-corrected chi connectivity index (χ2v) is 5.12. The SMILES string of the molecule is C=CC(CCCCCC)[Se]C. The summed E-state index contributed by atoms with van der Waals surface area (Å²) in [6.45, 7) is 6.11. The van der Waals surface area contributed by atoms with E-state index in [4.69, 9.17) is 0 Å². The van der Waals surface area contributed by atoms with E-state index in [-0.39, 0.29) is 0 Å². The summed E-state index contributed by atoms with van der Waals surface area (Å²) in [7, 11) is 0. The average molecular weight is 219 g/mol. The molecule has 0 saturated heterocycles. The van der Waals surface area contributed by atoms with E-state index in [0.717, 1.165) is 19.8 Å². The van der Waals surface area contributed by atoms with Crippen molar-refractivity contribution in [2.45, 2.75) is 49.7 Å². The van der Waals surface area contributed by atoms with Crippen LogP contribution in [-0.2, 0) is 0 Å². The van der Waals surface area contributed by atoms with Gasteiger partial charge < -0.3 is 0 Å². The Kier molecular flexibility index (Phi) is 8.55. The summed E-state index contributed by atoms with van der Waals surface area (Å²) in [6, 6.07) is 0. The Morgan fingerprint density at radius 1 is 1.36 bits per heavy atom. The van der Waals surface area contributed by atoms with Crippen molar-refractivity contribution in [1.82, 2.24) is 0 Å². The van der Waals surface area contributed by atoms with Gasteiger partial charge in [-0.25, -0.2) is 0 Å². The van der Waals surface area contributed by atoms with Gasteiger partial charge in [0.05, 0.1) is 0 Å². The van der Waals surface area contributed by atoms with Gasteiger partial charge >= 0.3 is 77.3 Å². The molecule has 0 radical (unpaired) electrons. The molecule has 0 aliphatic carbocycles. The molecule has 66 valence electrons. The van der Waals surface area contributed by atoms with E-state index in [2.05, 4.69) is 25.4 Å². The van der Waals surface area contributed by atoms with Gasteiger partial charge in [-0.2, -0.15) is 0 Å². The monoisotopic (exact) mass is 220 g/mol. The second-order valence-electron chi connectivity index (χ2n) is 2.86. The fourth-order valence-corrected chi connectivity index (χ4v) is 2.35. The molecule has 1 atom stereocenters. The third kappa shape index (κ3) is 6.65. The van der Waals surface area contributed by atoms with Gasteiger partial charge in [0.2, 0.25) is 0 Å². The standard InChI is InChI=1S/C10H20Se/c1-4-6-7-8-9-10(5-2)11-3/h5,10H,2,4,6-9H2,1,3H3. The Morgan fingerprint density at radius 2 is 2.09 bits per heavy atom. The molecule has 1 unspecified atom stereocenters. The van der Waals surface area contributed by atoms with Crippen LogP contribution in [0.15, 0.2) is 12.7 Å². The van der Waals surface area contributed by atoms with Crippen molar-refractivity contribution in [2.75, 3.05) is 0 Å². The Hall–Kier alpha value is 0.259. The fourth-order valence-electron chi connectivity index (χ4n) is 1.10. The molecule has 11 heavy (non-hydrogen) atoms. The van der Waals surface area contributed by atoms with Crippen LogP contribution in [0.4, 0.5) is 0 Å². The molecule has 0 aromatic carbocycles. The van der Waals surface area contributed by atoms with Crippen LogP contribution in [0, 0.1) is 0 Å². The molecule has 0 aliphatic rings. The molecule has 0 spiro atoms. The van der Waals surface area contributed by atoms with E-state index in [1.54, 1.807) is 0 Å². The molecule has 0 aliphatic heterocycles. The Balaban J connectivity index is 3.14. The van der Waals surface area contributed by atoms with Gasteiger partial charge in [0.15, 0.2) is 0 Å². The summed E-state index contributed by atoms with van der Waals surface area (Å²) < 4.78 is 0. The summed E-state index contributed by atoms with van der Waals surface area (Å²) in [5.41, 5.74) is 0. The van der Waals surface area contributed by atoms with Crippen molar-refractivity contribution in [3.8, 4) is 0 Å². The van der Waals surface area contributed by atoms with Crippen LogP contribution >= 0.6 is 0 Å². The van der Waals surface area contributed by atoms with E-state index < -0.39 is 0 Å². The fraction of sp³-hybridized carbons (Fsp3) is 0.800. The molecule has 0 N–H and O–H groups in total. The van der Waals surface area contributed by atoms with E-state index >= 15 is 0 Å². The first-order chi connectivity index (χ1) is 5.35. The first-order valence-electron chi connectivity index (χ1n) is 4.50. The topological polar surface area (TPSA) is 0 Å². The average Bonchev–Trinajstić information content (AvgIpc) is 2.05. The van der Waals surface area contributed by atoms with Crippen molar-refractivity contribution >= 4 is 15.0 Å². The summed E-state index contributed by atoms with van der Waals surface area (Å²) in [5, 5.41) is 0. The third-order valence-electron chi connectivity index (χ3n) is 1.91. The Bertz CT molecular complexity index is 88.9. The first-order valence-corrected chi connectivity index (χ1v) is 7.20. The molecular weight excluding hydrogens is 199 g/mol. The van der Waals surface area contributed by atoms with Crippen molar-refractivity contribution in [2.24, 2.45) is 0 Å². The summed E-state index contributed by atoms with van der Waals surface area (Å²) in [5.74, 6) is 2.30. The maximum atomic E-state index is 3.85. The number of unbranched alkanes of at least 4 members (excludes halogenated alkanes) is 3. The van der Waals surface area contributed by atoms with Crippen LogP contribution in [0.1, 0.15) is 39.0 Å². The molecule has 0 aromatic rings. The van der Waals surface area contributed by atoms with Gasteiger partial charge in [0.1, 0.15) is 0 Å². The van der Waals surface area contributed by atoms with Crippen LogP contribution in [0.5, 0.6) is 0 Å². The molecular formula is C10H20Se. The second kappa shape index (κ2) is 8.36. The van der Waals surface area contributed by atoms with Crippen LogP contribution < -0.4 is 0 Å². The summed E-state index contributed by atoms with van der Waals surface area (Å²) >= 11 is 0.772. The Labute approximate surface area is 77.6 Å². The van der Waals surface area contributed by atoms with Gasteiger partial charge in [-0.1, -0.05) is 0 Å². The molecule has 0 saturated carbocycles. The van der Waals surface area contributed by atoms with Crippen molar-refractivity contribution in [3.63, 3.8) is 0 Å². The van der Waals surface area contributed by atoms with E-state index in [0.29, 0.717) is 0 Å². The molecule has 0 bridgehead atoms. The zero-order valence-electron chi connectivity index (χ0n) is 7.81.